The molecule has 91 heavy (non-hydrogen) atoms. The normalized spacial score (nSPS) is 13.5. The van der Waals surface area contributed by atoms with E-state index < -0.39 is 20.0 Å². The number of carbonyl (C=O) groups excluding carboxylic acids is 1. The first kappa shape index (κ1) is 90.0. The summed E-state index contributed by atoms with van der Waals surface area (Å²) in [5.74, 6) is -0.176. The van der Waals surface area contributed by atoms with E-state index in [0.29, 0.717) is 17.4 Å². The summed E-state index contributed by atoms with van der Waals surface area (Å²) in [6.07, 6.45) is 98.3. The Labute approximate surface area is 570 Å². The summed E-state index contributed by atoms with van der Waals surface area (Å²) >= 11 is 0. The third kappa shape index (κ3) is 76.2. The van der Waals surface area contributed by atoms with Crippen LogP contribution in [-0.4, -0.2) is 73.4 Å². The van der Waals surface area contributed by atoms with E-state index in [1.807, 2.05) is 27.2 Å². The molecule has 0 aromatic carbocycles. The minimum atomic E-state index is -4.36. The van der Waals surface area contributed by atoms with Crippen molar-refractivity contribution >= 4 is 13.7 Å². The van der Waals surface area contributed by atoms with Crippen molar-refractivity contribution in [3.8, 4) is 0 Å². The molecule has 0 heterocycles. The molecule has 3 N–H and O–H groups in total. The Bertz CT molecular complexity index is 1530. The number of aliphatic hydroxyl groups is 1. The number of hydrogen-bond donors (Lipinski definition) is 3. The lowest BCUT2D eigenvalue weighted by Gasteiger charge is -2.25. The van der Waals surface area contributed by atoms with Crippen molar-refractivity contribution in [3.05, 3.63) is 24.3 Å². The summed E-state index contributed by atoms with van der Waals surface area (Å²) < 4.78 is 23.9. The van der Waals surface area contributed by atoms with Crippen molar-refractivity contribution in [3.63, 3.8) is 0 Å². The van der Waals surface area contributed by atoms with Gasteiger partial charge in [0.1, 0.15) is 13.2 Å². The topological polar surface area (TPSA) is 105 Å². The molecule has 0 saturated heterocycles. The van der Waals surface area contributed by atoms with Gasteiger partial charge in [0.25, 0.3) is 0 Å². The van der Waals surface area contributed by atoms with E-state index >= 15 is 0 Å². The molecule has 0 radical (unpaired) electrons. The van der Waals surface area contributed by atoms with Crippen molar-refractivity contribution in [2.45, 2.75) is 456 Å². The Balaban J connectivity index is 3.92. The van der Waals surface area contributed by atoms with E-state index in [0.717, 1.165) is 38.5 Å². The maximum absolute atomic E-state index is 13.1. The lowest BCUT2D eigenvalue weighted by molar-refractivity contribution is -0.870. The smallest absolute Gasteiger partial charge is 0.387 e. The molecule has 8 nitrogen and oxygen atoms in total. The highest BCUT2D eigenvalue weighted by Gasteiger charge is 2.28. The number of aliphatic hydroxyl groups excluding tert-OH is 1. The third-order valence-corrected chi connectivity index (χ3v) is 20.4. The van der Waals surface area contributed by atoms with E-state index in [1.165, 1.54) is 385 Å². The van der Waals surface area contributed by atoms with Crippen LogP contribution in [0.5, 0.6) is 0 Å². The minimum Gasteiger partial charge on any atom is -0.387 e. The van der Waals surface area contributed by atoms with Crippen LogP contribution in [0.25, 0.3) is 0 Å². The van der Waals surface area contributed by atoms with Gasteiger partial charge in [-0.05, 0) is 32.1 Å². The Morgan fingerprint density at radius 2 is 0.604 bits per heavy atom. The Morgan fingerprint density at radius 1 is 0.363 bits per heavy atom. The average molecular weight is 1310 g/mol. The standard InChI is InChI=1S/C82H163N2O6P/c1-6-8-10-12-14-16-18-20-22-24-26-28-30-32-34-36-38-39-40-41-42-43-44-45-46-48-50-52-54-56-58-60-62-64-66-68-70-72-74-76-82(86)83-80(79-90-91(87,88)89-78-77-84(3,4)5)81(85)75-73-71-69-67-65-63-61-59-57-55-53-51-49-47-37-35-33-31-29-27-25-23-21-19-17-15-13-11-9-7-2/h65,67,73,75,80-81,85H,6-64,66,68-72,74,76-79H2,1-5H3,(H-,83,86,87,88)/p+1/b67-65+,75-73+. The maximum atomic E-state index is 13.1. The molecule has 0 saturated carbocycles. The fourth-order valence-corrected chi connectivity index (χ4v) is 13.8. The number of unbranched alkanes of at least 4 members (excludes halogenated alkanes) is 63. The van der Waals surface area contributed by atoms with Crippen molar-refractivity contribution in [2.75, 3.05) is 40.9 Å². The first-order valence-electron chi connectivity index (χ1n) is 41.2. The van der Waals surface area contributed by atoms with E-state index in [-0.39, 0.29) is 19.1 Å². The van der Waals surface area contributed by atoms with E-state index in [9.17, 15) is 19.4 Å². The lowest BCUT2D eigenvalue weighted by Crippen LogP contribution is -2.45. The minimum absolute atomic E-state index is 0.0593. The fourth-order valence-electron chi connectivity index (χ4n) is 13.1. The summed E-state index contributed by atoms with van der Waals surface area (Å²) in [6.45, 7) is 4.88. The van der Waals surface area contributed by atoms with Gasteiger partial charge in [0.15, 0.2) is 0 Å². The van der Waals surface area contributed by atoms with Gasteiger partial charge in [-0.2, -0.15) is 0 Å². The molecule has 3 unspecified atom stereocenters. The molecule has 542 valence electrons. The first-order chi connectivity index (χ1) is 44.5. The van der Waals surface area contributed by atoms with Crippen LogP contribution in [0.2, 0.25) is 0 Å². The van der Waals surface area contributed by atoms with Crippen molar-refractivity contribution < 1.29 is 32.9 Å². The Hall–Kier alpha value is -1.02. The third-order valence-electron chi connectivity index (χ3n) is 19.4. The number of nitrogens with one attached hydrogen (secondary N) is 1. The van der Waals surface area contributed by atoms with Crippen LogP contribution in [0.15, 0.2) is 24.3 Å². The second-order valence-electron chi connectivity index (χ2n) is 29.9. The number of rotatable bonds is 78. The van der Waals surface area contributed by atoms with Gasteiger partial charge in [-0.15, -0.1) is 0 Å². The lowest BCUT2D eigenvalue weighted by atomic mass is 10.0. The molecule has 3 atom stereocenters. The highest BCUT2D eigenvalue weighted by Crippen LogP contribution is 2.43. The monoisotopic (exact) mass is 1300 g/mol. The molecule has 0 aliphatic heterocycles. The molecule has 0 aliphatic rings. The summed E-state index contributed by atoms with van der Waals surface area (Å²) in [6, 6.07) is -0.863. The van der Waals surface area contributed by atoms with Crippen molar-refractivity contribution in [2.24, 2.45) is 0 Å². The molecule has 9 heteroatoms. The van der Waals surface area contributed by atoms with Crippen LogP contribution >= 0.6 is 7.82 Å². The summed E-state index contributed by atoms with van der Waals surface area (Å²) in [4.78, 5) is 23.5. The van der Waals surface area contributed by atoms with Crippen LogP contribution < -0.4 is 5.32 Å². The quantitative estimate of drug-likeness (QED) is 0.0243. The molecule has 0 bridgehead atoms. The molecule has 0 aliphatic carbocycles. The number of hydrogen-bond acceptors (Lipinski definition) is 5. The maximum Gasteiger partial charge on any atom is 0.472 e. The van der Waals surface area contributed by atoms with Crippen molar-refractivity contribution in [1.29, 1.82) is 0 Å². The van der Waals surface area contributed by atoms with Gasteiger partial charge in [0.05, 0.1) is 39.9 Å². The van der Waals surface area contributed by atoms with E-state index in [1.54, 1.807) is 6.08 Å². The van der Waals surface area contributed by atoms with Gasteiger partial charge >= 0.3 is 7.82 Å². The predicted octanol–water partition coefficient (Wildman–Crippen LogP) is 27.0. The van der Waals surface area contributed by atoms with Gasteiger partial charge in [0, 0.05) is 6.42 Å². The molecule has 0 fully saturated rings. The highest BCUT2D eigenvalue weighted by atomic mass is 31.2. The van der Waals surface area contributed by atoms with Crippen LogP contribution in [0.4, 0.5) is 0 Å². The Kier molecular flexibility index (Phi) is 72.4. The van der Waals surface area contributed by atoms with Crippen LogP contribution in [0.3, 0.4) is 0 Å². The number of allylic oxidation sites excluding steroid dienone is 3. The first-order valence-corrected chi connectivity index (χ1v) is 42.7. The zero-order chi connectivity index (χ0) is 66.2. The van der Waals surface area contributed by atoms with Gasteiger partial charge in [-0.25, -0.2) is 4.57 Å². The van der Waals surface area contributed by atoms with Gasteiger partial charge in [-0.1, -0.05) is 430 Å². The second kappa shape index (κ2) is 73.2. The van der Waals surface area contributed by atoms with Gasteiger partial charge in [0.2, 0.25) is 5.91 Å². The van der Waals surface area contributed by atoms with Gasteiger partial charge < -0.3 is 19.8 Å². The highest BCUT2D eigenvalue weighted by molar-refractivity contribution is 7.47. The zero-order valence-corrected chi connectivity index (χ0v) is 63.3. The number of amides is 1. The SMILES string of the molecule is CCCCCCCCCCCCCCCCCCCCCCCCCC/C=C/CC/C=C/C(O)C(COP(=O)(O)OCC[N+](C)(C)C)NC(=O)CCCCCCCCCCCCCCCCCCCCCCCCCCCCCCCCCCCCCCCCC. The van der Waals surface area contributed by atoms with Crippen molar-refractivity contribution in [1.82, 2.24) is 5.32 Å². The summed E-state index contributed by atoms with van der Waals surface area (Å²) in [7, 11) is 1.58. The van der Waals surface area contributed by atoms with E-state index in [4.69, 9.17) is 9.05 Å². The molecule has 0 aromatic heterocycles. The predicted molar refractivity (Wildman–Crippen MR) is 402 cm³/mol. The van der Waals surface area contributed by atoms with Crippen LogP contribution in [0.1, 0.15) is 444 Å². The summed E-state index contributed by atoms with van der Waals surface area (Å²) in [5, 5.41) is 14.0. The molecular weight excluding hydrogens is 1140 g/mol. The molecule has 0 spiro atoms. The number of phosphoric acid groups is 1. The fraction of sp³-hybridized carbons (Fsp3) is 0.939. The Morgan fingerprint density at radius 3 is 0.879 bits per heavy atom. The number of carbonyl (C=O) groups is 1. The van der Waals surface area contributed by atoms with Gasteiger partial charge in [-0.3, -0.25) is 13.8 Å². The largest absolute Gasteiger partial charge is 0.472 e. The molecule has 0 rings (SSSR count). The zero-order valence-electron chi connectivity index (χ0n) is 62.4. The van der Waals surface area contributed by atoms with Crippen LogP contribution in [-0.2, 0) is 18.4 Å². The average Bonchev–Trinajstić information content (AvgIpc) is 3.46. The number of phosphoric ester groups is 1. The molecular formula is C82H164N2O6P+. The summed E-state index contributed by atoms with van der Waals surface area (Å²) in [5.41, 5.74) is 0. The van der Waals surface area contributed by atoms with E-state index in [2.05, 4.69) is 31.3 Å². The molecule has 0 aromatic rings. The van der Waals surface area contributed by atoms with Crippen LogP contribution in [0, 0.1) is 0 Å². The number of nitrogens with zero attached hydrogens (tertiary/aromatic N) is 1. The number of likely N-dealkylation sites (N-methyl/N-ethyl adjacent to an activating group) is 1. The molecule has 1 amide bonds. The second-order valence-corrected chi connectivity index (χ2v) is 31.3. The number of quaternary nitrogens is 1.